The molecule has 0 fully saturated rings. The first-order valence-corrected chi connectivity index (χ1v) is 5.61. The van der Waals surface area contributed by atoms with Crippen molar-refractivity contribution in [2.75, 3.05) is 0 Å². The average Bonchev–Trinajstić information content (AvgIpc) is 2.06. The van der Waals surface area contributed by atoms with Gasteiger partial charge >= 0.3 is 0 Å². The second kappa shape index (κ2) is 4.14. The van der Waals surface area contributed by atoms with Gasteiger partial charge in [-0.15, -0.1) is 0 Å². The lowest BCUT2D eigenvalue weighted by molar-refractivity contribution is 0.319. The van der Waals surface area contributed by atoms with Gasteiger partial charge in [0.15, 0.2) is 0 Å². The van der Waals surface area contributed by atoms with Crippen LogP contribution in [0.2, 0.25) is 0 Å². The van der Waals surface area contributed by atoms with E-state index in [0.717, 1.165) is 3.57 Å². The summed E-state index contributed by atoms with van der Waals surface area (Å²) >= 11 is 2.16. The Kier molecular flexibility index (Phi) is 3.53. The molecule has 1 rings (SSSR count). The standard InChI is InChI=1S/C11H15FIN/c1-11(2,3)10(14)8-6-7(13)4-5-9(8)12/h4-6,10H,14H2,1-3H3/t10-/m0/s1. The van der Waals surface area contributed by atoms with Crippen molar-refractivity contribution in [2.24, 2.45) is 11.1 Å². The molecule has 0 aliphatic heterocycles. The van der Waals surface area contributed by atoms with E-state index in [9.17, 15) is 4.39 Å². The van der Waals surface area contributed by atoms with Crippen LogP contribution >= 0.6 is 22.6 Å². The van der Waals surface area contributed by atoms with Gasteiger partial charge in [-0.1, -0.05) is 20.8 Å². The summed E-state index contributed by atoms with van der Waals surface area (Å²) in [7, 11) is 0. The summed E-state index contributed by atoms with van der Waals surface area (Å²) in [5, 5.41) is 0. The minimum atomic E-state index is -0.266. The highest BCUT2D eigenvalue weighted by atomic mass is 127. The Bertz CT molecular complexity index is 331. The van der Waals surface area contributed by atoms with Gasteiger partial charge < -0.3 is 5.73 Å². The first-order valence-electron chi connectivity index (χ1n) is 4.53. The molecular formula is C11H15FIN. The van der Waals surface area contributed by atoms with E-state index in [4.69, 9.17) is 5.73 Å². The Morgan fingerprint density at radius 2 is 1.93 bits per heavy atom. The van der Waals surface area contributed by atoms with Gasteiger partial charge in [-0.3, -0.25) is 0 Å². The minimum absolute atomic E-state index is 0.120. The van der Waals surface area contributed by atoms with Crippen LogP contribution < -0.4 is 5.73 Å². The second-order valence-corrected chi connectivity index (χ2v) is 5.76. The smallest absolute Gasteiger partial charge is 0.128 e. The third kappa shape index (κ3) is 2.67. The fourth-order valence-electron chi connectivity index (χ4n) is 1.22. The quantitative estimate of drug-likeness (QED) is 0.790. The zero-order valence-electron chi connectivity index (χ0n) is 8.64. The fourth-order valence-corrected chi connectivity index (χ4v) is 1.73. The van der Waals surface area contributed by atoms with E-state index in [1.165, 1.54) is 6.07 Å². The highest BCUT2D eigenvalue weighted by Crippen LogP contribution is 2.32. The first kappa shape index (κ1) is 11.9. The lowest BCUT2D eigenvalue weighted by Gasteiger charge is -2.27. The maximum absolute atomic E-state index is 13.5. The van der Waals surface area contributed by atoms with Crippen LogP contribution in [0.5, 0.6) is 0 Å². The van der Waals surface area contributed by atoms with Gasteiger partial charge in [0.05, 0.1) is 0 Å². The number of rotatable bonds is 1. The van der Waals surface area contributed by atoms with Gasteiger partial charge in [-0.2, -0.15) is 0 Å². The Morgan fingerprint density at radius 3 is 2.43 bits per heavy atom. The molecule has 0 spiro atoms. The molecule has 1 aromatic rings. The highest BCUT2D eigenvalue weighted by molar-refractivity contribution is 14.1. The topological polar surface area (TPSA) is 26.0 Å². The summed E-state index contributed by atoms with van der Waals surface area (Å²) in [6.07, 6.45) is 0. The van der Waals surface area contributed by atoms with Gasteiger partial charge in [-0.05, 0) is 46.2 Å². The monoisotopic (exact) mass is 307 g/mol. The zero-order valence-corrected chi connectivity index (χ0v) is 10.8. The first-order chi connectivity index (χ1) is 6.32. The lowest BCUT2D eigenvalue weighted by atomic mass is 9.83. The molecule has 0 amide bonds. The van der Waals surface area contributed by atoms with Crippen LogP contribution in [-0.2, 0) is 0 Å². The van der Waals surface area contributed by atoms with Gasteiger partial charge in [-0.25, -0.2) is 4.39 Å². The van der Waals surface area contributed by atoms with Crippen LogP contribution in [0, 0.1) is 14.8 Å². The molecule has 0 radical (unpaired) electrons. The van der Waals surface area contributed by atoms with E-state index in [0.29, 0.717) is 5.56 Å². The van der Waals surface area contributed by atoms with E-state index in [-0.39, 0.29) is 17.3 Å². The van der Waals surface area contributed by atoms with Gasteiger partial charge in [0.2, 0.25) is 0 Å². The summed E-state index contributed by atoms with van der Waals surface area (Å²) in [5.74, 6) is -0.215. The largest absolute Gasteiger partial charge is 0.323 e. The Balaban J connectivity index is 3.12. The normalized spacial score (nSPS) is 14.1. The molecule has 3 heteroatoms. The van der Waals surface area contributed by atoms with Crippen LogP contribution in [0.15, 0.2) is 18.2 Å². The maximum atomic E-state index is 13.5. The molecule has 0 aliphatic rings. The number of hydrogen-bond acceptors (Lipinski definition) is 1. The van der Waals surface area contributed by atoms with E-state index in [1.54, 1.807) is 6.07 Å². The van der Waals surface area contributed by atoms with Gasteiger partial charge in [0.1, 0.15) is 5.82 Å². The SMILES string of the molecule is CC(C)(C)[C@@H](N)c1cc(I)ccc1F. The summed E-state index contributed by atoms with van der Waals surface area (Å²) < 4.78 is 14.5. The van der Waals surface area contributed by atoms with Crippen molar-refractivity contribution in [3.8, 4) is 0 Å². The van der Waals surface area contributed by atoms with Crippen LogP contribution in [0.4, 0.5) is 4.39 Å². The molecule has 78 valence electrons. The van der Waals surface area contributed by atoms with Crippen LogP contribution in [-0.4, -0.2) is 0 Å². The molecule has 1 aromatic carbocycles. The number of benzene rings is 1. The zero-order chi connectivity index (χ0) is 10.9. The molecular weight excluding hydrogens is 292 g/mol. The Hall–Kier alpha value is -0.160. The summed E-state index contributed by atoms with van der Waals surface area (Å²) in [6.45, 7) is 6.03. The molecule has 0 bridgehead atoms. The molecule has 0 aromatic heterocycles. The van der Waals surface area contributed by atoms with Crippen molar-refractivity contribution in [1.29, 1.82) is 0 Å². The molecule has 0 saturated carbocycles. The van der Waals surface area contributed by atoms with Gasteiger partial charge in [0.25, 0.3) is 0 Å². The lowest BCUT2D eigenvalue weighted by Crippen LogP contribution is -2.27. The summed E-state index contributed by atoms with van der Waals surface area (Å²) in [4.78, 5) is 0. The molecule has 0 aliphatic carbocycles. The molecule has 0 saturated heterocycles. The predicted octanol–water partition coefficient (Wildman–Crippen LogP) is 3.48. The van der Waals surface area contributed by atoms with Crippen molar-refractivity contribution >= 4 is 22.6 Å². The third-order valence-corrected chi connectivity index (χ3v) is 2.90. The molecule has 1 nitrogen and oxygen atoms in total. The molecule has 0 unspecified atom stereocenters. The molecule has 1 atom stereocenters. The van der Waals surface area contributed by atoms with Crippen molar-refractivity contribution in [3.63, 3.8) is 0 Å². The van der Waals surface area contributed by atoms with Crippen LogP contribution in [0.1, 0.15) is 32.4 Å². The van der Waals surface area contributed by atoms with E-state index >= 15 is 0 Å². The van der Waals surface area contributed by atoms with E-state index in [1.807, 2.05) is 26.8 Å². The molecule has 0 heterocycles. The second-order valence-electron chi connectivity index (χ2n) is 4.51. The van der Waals surface area contributed by atoms with Crippen molar-refractivity contribution in [1.82, 2.24) is 0 Å². The summed E-state index contributed by atoms with van der Waals surface area (Å²) in [5.41, 5.74) is 6.48. The van der Waals surface area contributed by atoms with Crippen molar-refractivity contribution in [2.45, 2.75) is 26.8 Å². The molecule has 14 heavy (non-hydrogen) atoms. The fraction of sp³-hybridized carbons (Fsp3) is 0.455. The Morgan fingerprint density at radius 1 is 1.36 bits per heavy atom. The Labute approximate surface area is 98.0 Å². The predicted molar refractivity (Wildman–Crippen MR) is 65.5 cm³/mol. The van der Waals surface area contributed by atoms with E-state index in [2.05, 4.69) is 22.6 Å². The summed E-state index contributed by atoms with van der Waals surface area (Å²) in [6, 6.07) is 4.76. The molecule has 2 N–H and O–H groups in total. The van der Waals surface area contributed by atoms with Crippen molar-refractivity contribution < 1.29 is 4.39 Å². The minimum Gasteiger partial charge on any atom is -0.323 e. The van der Waals surface area contributed by atoms with Crippen LogP contribution in [0.25, 0.3) is 0 Å². The van der Waals surface area contributed by atoms with Crippen LogP contribution in [0.3, 0.4) is 0 Å². The van der Waals surface area contributed by atoms with Gasteiger partial charge in [0, 0.05) is 15.2 Å². The van der Waals surface area contributed by atoms with E-state index < -0.39 is 0 Å². The third-order valence-electron chi connectivity index (χ3n) is 2.23. The highest BCUT2D eigenvalue weighted by Gasteiger charge is 2.24. The maximum Gasteiger partial charge on any atom is 0.128 e. The number of nitrogens with two attached hydrogens (primary N) is 1. The average molecular weight is 307 g/mol. The van der Waals surface area contributed by atoms with Crippen molar-refractivity contribution in [3.05, 3.63) is 33.1 Å². The number of hydrogen-bond donors (Lipinski definition) is 1. The number of halogens is 2.